The van der Waals surface area contributed by atoms with Crippen molar-refractivity contribution in [2.75, 3.05) is 32.7 Å². The highest BCUT2D eigenvalue weighted by Gasteiger charge is 2.40. The monoisotopic (exact) mass is 494 g/mol. The molecular weight excluding hydrogens is 452 g/mol. The summed E-state index contributed by atoms with van der Waals surface area (Å²) in [6.07, 6.45) is 4.75. The Hall–Kier alpha value is -2.57. The van der Waals surface area contributed by atoms with E-state index in [1.54, 1.807) is 4.90 Å². The first-order valence-electron chi connectivity index (χ1n) is 13.4. The Bertz CT molecular complexity index is 957. The lowest BCUT2D eigenvalue weighted by atomic mass is 9.72. The molecule has 2 aliphatic rings. The molecule has 1 atom stereocenters. The third-order valence-electron chi connectivity index (χ3n) is 7.36. The summed E-state index contributed by atoms with van der Waals surface area (Å²) in [5, 5.41) is 11.8. The van der Waals surface area contributed by atoms with Crippen LogP contribution >= 0.6 is 0 Å². The standard InChI is InChI=1S/C30H42N2O4/c1-29(2,3)36-28(33)32-20-18-31(19-21-32)22-27(30(34)16-8-5-9-17-30)25-12-14-26(15-13-25)35-23-24-10-6-4-7-11-24/h4,6-7,10-15,27,34H,5,8-9,16-23H2,1-3H3/t27-/m1/s1. The van der Waals surface area contributed by atoms with E-state index in [9.17, 15) is 9.90 Å². The van der Waals surface area contributed by atoms with Crippen LogP contribution in [0.3, 0.4) is 0 Å². The Morgan fingerprint density at radius 2 is 1.58 bits per heavy atom. The fraction of sp³-hybridized carbons (Fsp3) is 0.567. The largest absolute Gasteiger partial charge is 0.489 e. The highest BCUT2D eigenvalue weighted by Crippen LogP contribution is 2.41. The van der Waals surface area contributed by atoms with Gasteiger partial charge in [0.1, 0.15) is 18.0 Å². The summed E-state index contributed by atoms with van der Waals surface area (Å²) in [5.41, 5.74) is 1.11. The maximum absolute atomic E-state index is 12.5. The molecule has 1 aliphatic carbocycles. The van der Waals surface area contributed by atoms with Crippen LogP contribution in [-0.2, 0) is 11.3 Å². The molecule has 2 aromatic rings. The van der Waals surface area contributed by atoms with Crippen molar-refractivity contribution in [3.05, 3.63) is 65.7 Å². The predicted octanol–water partition coefficient (Wildman–Crippen LogP) is 5.60. The van der Waals surface area contributed by atoms with Crippen molar-refractivity contribution in [3.63, 3.8) is 0 Å². The maximum atomic E-state index is 12.5. The molecule has 2 fully saturated rings. The Morgan fingerprint density at radius 1 is 0.944 bits per heavy atom. The first kappa shape index (κ1) is 26.5. The predicted molar refractivity (Wildman–Crippen MR) is 142 cm³/mol. The van der Waals surface area contributed by atoms with Crippen LogP contribution in [0.25, 0.3) is 0 Å². The Balaban J connectivity index is 1.41. The van der Waals surface area contributed by atoms with E-state index < -0.39 is 11.2 Å². The van der Waals surface area contributed by atoms with Gasteiger partial charge in [-0.3, -0.25) is 4.90 Å². The zero-order valence-electron chi connectivity index (χ0n) is 22.1. The molecule has 0 spiro atoms. The summed E-state index contributed by atoms with van der Waals surface area (Å²) in [7, 11) is 0. The lowest BCUT2D eigenvalue weighted by molar-refractivity contribution is -0.0357. The van der Waals surface area contributed by atoms with Gasteiger partial charge in [0.05, 0.1) is 5.60 Å². The number of hydrogen-bond acceptors (Lipinski definition) is 5. The average Bonchev–Trinajstić information content (AvgIpc) is 2.87. The van der Waals surface area contributed by atoms with Gasteiger partial charge in [0.2, 0.25) is 0 Å². The van der Waals surface area contributed by atoms with Gasteiger partial charge in [-0.25, -0.2) is 4.79 Å². The van der Waals surface area contributed by atoms with Gasteiger partial charge in [-0.05, 0) is 56.9 Å². The molecule has 6 nitrogen and oxygen atoms in total. The summed E-state index contributed by atoms with van der Waals surface area (Å²) in [6.45, 7) is 9.86. The van der Waals surface area contributed by atoms with Crippen LogP contribution in [0.2, 0.25) is 0 Å². The molecule has 1 amide bonds. The third kappa shape index (κ3) is 7.23. The molecule has 0 unspecified atom stereocenters. The summed E-state index contributed by atoms with van der Waals surface area (Å²) < 4.78 is 11.5. The molecule has 0 radical (unpaired) electrons. The van der Waals surface area contributed by atoms with Crippen molar-refractivity contribution < 1.29 is 19.4 Å². The first-order chi connectivity index (χ1) is 17.2. The van der Waals surface area contributed by atoms with E-state index in [0.717, 1.165) is 62.2 Å². The van der Waals surface area contributed by atoms with E-state index in [4.69, 9.17) is 9.47 Å². The van der Waals surface area contributed by atoms with Crippen LogP contribution in [0.5, 0.6) is 5.75 Å². The van der Waals surface area contributed by atoms with Crippen LogP contribution in [-0.4, -0.2) is 64.9 Å². The second-order valence-electron chi connectivity index (χ2n) is 11.3. The van der Waals surface area contributed by atoms with Crippen molar-refractivity contribution in [2.24, 2.45) is 0 Å². The molecule has 1 saturated heterocycles. The Labute approximate surface area is 216 Å². The van der Waals surface area contributed by atoms with Crippen LogP contribution < -0.4 is 4.74 Å². The Morgan fingerprint density at radius 3 is 2.19 bits per heavy atom. The van der Waals surface area contributed by atoms with E-state index in [1.165, 1.54) is 6.42 Å². The molecule has 0 aromatic heterocycles. The maximum Gasteiger partial charge on any atom is 0.410 e. The van der Waals surface area contributed by atoms with Gasteiger partial charge in [-0.2, -0.15) is 0 Å². The number of hydrogen-bond donors (Lipinski definition) is 1. The van der Waals surface area contributed by atoms with Crippen LogP contribution in [0, 0.1) is 0 Å². The molecule has 6 heteroatoms. The summed E-state index contributed by atoms with van der Waals surface area (Å²) in [4.78, 5) is 16.7. The van der Waals surface area contributed by atoms with Gasteiger partial charge in [-0.1, -0.05) is 61.7 Å². The van der Waals surface area contributed by atoms with Gasteiger partial charge in [0, 0.05) is 38.6 Å². The van der Waals surface area contributed by atoms with Crippen LogP contribution in [0.4, 0.5) is 4.79 Å². The fourth-order valence-electron chi connectivity index (χ4n) is 5.33. The normalized spacial score (nSPS) is 19.5. The van der Waals surface area contributed by atoms with E-state index in [2.05, 4.69) is 29.2 Å². The highest BCUT2D eigenvalue weighted by molar-refractivity contribution is 5.68. The second kappa shape index (κ2) is 11.7. The number of piperazine rings is 1. The van der Waals surface area contributed by atoms with Crippen molar-refractivity contribution in [3.8, 4) is 5.75 Å². The first-order valence-corrected chi connectivity index (χ1v) is 13.4. The molecule has 36 heavy (non-hydrogen) atoms. The number of carbonyl (C=O) groups is 1. The van der Waals surface area contributed by atoms with Gasteiger partial charge >= 0.3 is 6.09 Å². The number of carbonyl (C=O) groups excluding carboxylic acids is 1. The fourth-order valence-corrected chi connectivity index (χ4v) is 5.33. The Kier molecular flexibility index (Phi) is 8.58. The zero-order valence-corrected chi connectivity index (χ0v) is 22.1. The molecule has 0 bridgehead atoms. The molecular formula is C30H42N2O4. The zero-order chi connectivity index (χ0) is 25.6. The number of amides is 1. The number of rotatable bonds is 7. The number of ether oxygens (including phenoxy) is 2. The van der Waals surface area contributed by atoms with Crippen molar-refractivity contribution in [2.45, 2.75) is 76.6 Å². The molecule has 1 aliphatic heterocycles. The van der Waals surface area contributed by atoms with Gasteiger partial charge in [0.25, 0.3) is 0 Å². The number of aliphatic hydroxyl groups is 1. The average molecular weight is 495 g/mol. The van der Waals surface area contributed by atoms with Gasteiger partial charge in [0.15, 0.2) is 0 Å². The smallest absolute Gasteiger partial charge is 0.410 e. The highest BCUT2D eigenvalue weighted by atomic mass is 16.6. The third-order valence-corrected chi connectivity index (χ3v) is 7.36. The van der Waals surface area contributed by atoms with Crippen molar-refractivity contribution >= 4 is 6.09 Å². The minimum absolute atomic E-state index is 0.0223. The molecule has 1 heterocycles. The van der Waals surface area contributed by atoms with Gasteiger partial charge < -0.3 is 19.5 Å². The summed E-state index contributed by atoms with van der Waals surface area (Å²) in [5.74, 6) is 0.858. The lowest BCUT2D eigenvalue weighted by Gasteiger charge is -2.43. The quantitative estimate of drug-likeness (QED) is 0.543. The molecule has 1 saturated carbocycles. The molecule has 2 aromatic carbocycles. The summed E-state index contributed by atoms with van der Waals surface area (Å²) >= 11 is 0. The number of nitrogens with zero attached hydrogens (tertiary/aromatic N) is 2. The van der Waals surface area contributed by atoms with Crippen LogP contribution in [0.15, 0.2) is 54.6 Å². The second-order valence-corrected chi connectivity index (χ2v) is 11.3. The topological polar surface area (TPSA) is 62.2 Å². The van der Waals surface area contributed by atoms with E-state index in [0.29, 0.717) is 19.7 Å². The molecule has 4 rings (SSSR count). The minimum Gasteiger partial charge on any atom is -0.489 e. The van der Waals surface area contributed by atoms with Gasteiger partial charge in [-0.15, -0.1) is 0 Å². The summed E-state index contributed by atoms with van der Waals surface area (Å²) in [6, 6.07) is 18.5. The molecule has 1 N–H and O–H groups in total. The van der Waals surface area contributed by atoms with Crippen LogP contribution in [0.1, 0.15) is 69.9 Å². The minimum atomic E-state index is -0.701. The van der Waals surface area contributed by atoms with Crippen molar-refractivity contribution in [1.29, 1.82) is 0 Å². The van der Waals surface area contributed by atoms with E-state index in [-0.39, 0.29) is 12.0 Å². The number of benzene rings is 2. The van der Waals surface area contributed by atoms with E-state index in [1.807, 2.05) is 51.1 Å². The SMILES string of the molecule is CC(C)(C)OC(=O)N1CCN(C[C@H](c2ccc(OCc3ccccc3)cc2)C2(O)CCCCC2)CC1. The lowest BCUT2D eigenvalue weighted by Crippen LogP contribution is -2.52. The van der Waals surface area contributed by atoms with Crippen molar-refractivity contribution in [1.82, 2.24) is 9.80 Å². The van der Waals surface area contributed by atoms with E-state index >= 15 is 0 Å². The molecule has 196 valence electrons.